The second-order valence-corrected chi connectivity index (χ2v) is 13.9. The minimum atomic E-state index is -0.948. The van der Waals surface area contributed by atoms with E-state index in [9.17, 15) is 18.8 Å². The Labute approximate surface area is 300 Å². The molecule has 6 N–H and O–H groups in total. The molecule has 6 aromatic rings. The molecule has 7 rings (SSSR count). The quantitative estimate of drug-likeness (QED) is 0.106. The Morgan fingerprint density at radius 2 is 1.73 bits per heavy atom. The van der Waals surface area contributed by atoms with E-state index in [1.807, 2.05) is 42.5 Å². The lowest BCUT2D eigenvalue weighted by Crippen LogP contribution is -2.33. The SMILES string of the molecule is CC(C)(C)OC(=O)NCCC(=O)O.NC(=O)c1ccc(-n2c3ccccc3c3c(-c4nc5ccc(F)cc5[nH]4)cccc32)cc1NC1CCCCC1. The van der Waals surface area contributed by atoms with E-state index < -0.39 is 23.6 Å². The molecule has 0 aliphatic heterocycles. The van der Waals surface area contributed by atoms with E-state index in [1.54, 1.807) is 26.8 Å². The van der Waals surface area contributed by atoms with Crippen LogP contribution >= 0.6 is 0 Å². The van der Waals surface area contributed by atoms with Gasteiger partial charge in [0, 0.05) is 40.3 Å². The fourth-order valence-electron chi connectivity index (χ4n) is 6.66. The van der Waals surface area contributed by atoms with Crippen molar-refractivity contribution in [3.8, 4) is 17.1 Å². The molecular formula is C40H43FN6O5. The summed E-state index contributed by atoms with van der Waals surface area (Å²) in [6.45, 7) is 5.31. The summed E-state index contributed by atoms with van der Waals surface area (Å²) >= 11 is 0. The summed E-state index contributed by atoms with van der Waals surface area (Å²) in [6.07, 6.45) is 5.12. The Morgan fingerprint density at radius 3 is 2.46 bits per heavy atom. The number of halogens is 1. The van der Waals surface area contributed by atoms with Crippen LogP contribution in [-0.2, 0) is 9.53 Å². The predicted molar refractivity (Wildman–Crippen MR) is 201 cm³/mol. The van der Waals surface area contributed by atoms with Crippen LogP contribution in [0.4, 0.5) is 14.9 Å². The summed E-state index contributed by atoms with van der Waals surface area (Å²) < 4.78 is 21.0. The van der Waals surface area contributed by atoms with Crippen LogP contribution in [0.15, 0.2) is 78.9 Å². The van der Waals surface area contributed by atoms with E-state index in [-0.39, 0.29) is 18.8 Å². The summed E-state index contributed by atoms with van der Waals surface area (Å²) in [5, 5.41) is 16.4. The second kappa shape index (κ2) is 15.1. The number of carboxylic acids is 1. The highest BCUT2D eigenvalue weighted by Gasteiger charge is 2.21. The van der Waals surface area contributed by atoms with Crippen molar-refractivity contribution in [2.24, 2.45) is 5.73 Å². The molecule has 0 saturated heterocycles. The molecule has 2 aromatic heterocycles. The summed E-state index contributed by atoms with van der Waals surface area (Å²) in [4.78, 5) is 41.4. The number of nitrogens with two attached hydrogens (primary N) is 1. The number of nitrogens with zero attached hydrogens (tertiary/aromatic N) is 2. The Morgan fingerprint density at radius 1 is 0.981 bits per heavy atom. The number of anilines is 1. The number of primary amides is 1. The normalized spacial score (nSPS) is 13.5. The van der Waals surface area contributed by atoms with Gasteiger partial charge in [0.25, 0.3) is 5.91 Å². The zero-order chi connectivity index (χ0) is 37.0. The zero-order valence-corrected chi connectivity index (χ0v) is 29.5. The van der Waals surface area contributed by atoms with E-state index in [2.05, 4.69) is 38.4 Å². The van der Waals surface area contributed by atoms with Crippen LogP contribution in [0.2, 0.25) is 0 Å². The summed E-state index contributed by atoms with van der Waals surface area (Å²) in [6, 6.07) is 25.1. The molecule has 0 atom stereocenters. The number of benzene rings is 4. The molecule has 1 aliphatic carbocycles. The van der Waals surface area contributed by atoms with Crippen molar-refractivity contribution >= 4 is 56.5 Å². The van der Waals surface area contributed by atoms with Gasteiger partial charge in [-0.2, -0.15) is 0 Å². The largest absolute Gasteiger partial charge is 0.481 e. The Bertz CT molecular complexity index is 2260. The van der Waals surface area contributed by atoms with Gasteiger partial charge in [0.05, 0.1) is 34.1 Å². The van der Waals surface area contributed by atoms with Gasteiger partial charge in [-0.3, -0.25) is 9.59 Å². The molecule has 1 fully saturated rings. The molecule has 52 heavy (non-hydrogen) atoms. The van der Waals surface area contributed by atoms with Crippen molar-refractivity contribution in [1.29, 1.82) is 0 Å². The standard InChI is InChI=1S/C32H28FN5O.C8H15NO4/c33-19-13-16-25-27(17-19)37-32(36-25)24-10-6-12-29-30(24)23-9-4-5-11-28(23)38(29)21-14-15-22(31(34)39)26(18-21)35-20-7-2-1-3-8-20;1-8(2,3)13-7(12)9-5-4-6(10)11/h4-6,9-18,20,35H,1-3,7-8H2,(H2,34,39)(H,36,37);4-5H2,1-3H3,(H,9,12)(H,10,11). The molecule has 1 saturated carbocycles. The number of rotatable bonds is 8. The molecule has 12 heteroatoms. The zero-order valence-electron chi connectivity index (χ0n) is 29.5. The summed E-state index contributed by atoms with van der Waals surface area (Å²) in [5.74, 6) is -1.00. The number of aliphatic carboxylic acids is 1. The number of amides is 2. The molecule has 2 amide bonds. The van der Waals surface area contributed by atoms with Crippen LogP contribution in [-0.4, -0.2) is 55.8 Å². The van der Waals surface area contributed by atoms with Gasteiger partial charge in [0.15, 0.2) is 0 Å². The third-order valence-corrected chi connectivity index (χ3v) is 8.90. The number of hydrogen-bond acceptors (Lipinski definition) is 6. The lowest BCUT2D eigenvalue weighted by Gasteiger charge is -2.25. The highest BCUT2D eigenvalue weighted by molar-refractivity contribution is 6.15. The van der Waals surface area contributed by atoms with Crippen LogP contribution < -0.4 is 16.4 Å². The van der Waals surface area contributed by atoms with Crippen LogP contribution in [0.3, 0.4) is 0 Å². The molecule has 0 unspecified atom stereocenters. The van der Waals surface area contributed by atoms with Crippen molar-refractivity contribution in [3.05, 3.63) is 90.2 Å². The highest BCUT2D eigenvalue weighted by atomic mass is 19.1. The first-order valence-corrected chi connectivity index (χ1v) is 17.4. The van der Waals surface area contributed by atoms with E-state index >= 15 is 0 Å². The van der Waals surface area contributed by atoms with Crippen molar-refractivity contribution < 1.29 is 28.6 Å². The van der Waals surface area contributed by atoms with Gasteiger partial charge in [-0.05, 0) is 82.1 Å². The van der Waals surface area contributed by atoms with Gasteiger partial charge < -0.3 is 35.8 Å². The Hall–Kier alpha value is -5.91. The van der Waals surface area contributed by atoms with Gasteiger partial charge in [-0.1, -0.05) is 49.6 Å². The highest BCUT2D eigenvalue weighted by Crippen LogP contribution is 2.39. The molecule has 11 nitrogen and oxygen atoms in total. The average molecular weight is 707 g/mol. The van der Waals surface area contributed by atoms with Crippen molar-refractivity contribution in [2.75, 3.05) is 11.9 Å². The Kier molecular flexibility index (Phi) is 10.5. The van der Waals surface area contributed by atoms with Gasteiger partial charge in [-0.15, -0.1) is 0 Å². The van der Waals surface area contributed by atoms with Crippen molar-refractivity contribution in [1.82, 2.24) is 19.9 Å². The smallest absolute Gasteiger partial charge is 0.407 e. The number of alkyl carbamates (subject to hydrolysis) is 1. The minimum absolute atomic E-state index is 0.0875. The second-order valence-electron chi connectivity index (χ2n) is 13.9. The number of ether oxygens (including phenoxy) is 1. The third kappa shape index (κ3) is 8.17. The number of carbonyl (C=O) groups excluding carboxylic acids is 2. The molecule has 4 aromatic carbocycles. The topological polar surface area (TPSA) is 164 Å². The average Bonchev–Trinajstić information content (AvgIpc) is 3.67. The van der Waals surface area contributed by atoms with Gasteiger partial charge >= 0.3 is 12.1 Å². The number of hydrogen-bond donors (Lipinski definition) is 5. The molecule has 0 bridgehead atoms. The fraction of sp³-hybridized carbons (Fsp3) is 0.300. The van der Waals surface area contributed by atoms with Crippen LogP contribution in [0.1, 0.15) is 69.7 Å². The number of imidazole rings is 1. The first-order chi connectivity index (χ1) is 24.9. The number of fused-ring (bicyclic) bond motifs is 4. The van der Waals surface area contributed by atoms with Crippen LogP contribution in [0.5, 0.6) is 0 Å². The van der Waals surface area contributed by atoms with Crippen molar-refractivity contribution in [2.45, 2.75) is 70.9 Å². The van der Waals surface area contributed by atoms with Crippen molar-refractivity contribution in [3.63, 3.8) is 0 Å². The summed E-state index contributed by atoms with van der Waals surface area (Å²) in [7, 11) is 0. The number of nitrogens with one attached hydrogen (secondary N) is 3. The first kappa shape index (κ1) is 35.9. The number of carboxylic acid groups (broad SMARTS) is 1. The van der Waals surface area contributed by atoms with Crippen LogP contribution in [0.25, 0.3) is 49.9 Å². The number of H-pyrrole nitrogens is 1. The summed E-state index contributed by atoms with van der Waals surface area (Å²) in [5.41, 5.74) is 11.8. The maximum absolute atomic E-state index is 13.9. The molecule has 0 spiro atoms. The number of aromatic nitrogens is 3. The van der Waals surface area contributed by atoms with Crippen LogP contribution in [0, 0.1) is 5.82 Å². The lowest BCUT2D eigenvalue weighted by atomic mass is 9.95. The lowest BCUT2D eigenvalue weighted by molar-refractivity contribution is -0.136. The molecule has 270 valence electrons. The maximum Gasteiger partial charge on any atom is 0.407 e. The maximum atomic E-state index is 13.9. The molecule has 2 heterocycles. The number of para-hydroxylation sites is 1. The van der Waals surface area contributed by atoms with Gasteiger partial charge in [0.2, 0.25) is 0 Å². The van der Waals surface area contributed by atoms with E-state index in [0.29, 0.717) is 28.5 Å². The number of carbonyl (C=O) groups is 3. The number of aromatic amines is 1. The molecule has 0 radical (unpaired) electrons. The van der Waals surface area contributed by atoms with Gasteiger partial charge in [0.1, 0.15) is 17.2 Å². The monoisotopic (exact) mass is 706 g/mol. The first-order valence-electron chi connectivity index (χ1n) is 17.4. The molecular weight excluding hydrogens is 663 g/mol. The third-order valence-electron chi connectivity index (χ3n) is 8.90. The minimum Gasteiger partial charge on any atom is -0.481 e. The van der Waals surface area contributed by atoms with Gasteiger partial charge in [-0.25, -0.2) is 14.2 Å². The Balaban J connectivity index is 0.000000307. The van der Waals surface area contributed by atoms with E-state index in [0.717, 1.165) is 51.6 Å². The van der Waals surface area contributed by atoms with E-state index in [4.69, 9.17) is 20.6 Å². The fourth-order valence-corrected chi connectivity index (χ4v) is 6.66. The molecule has 1 aliphatic rings. The van der Waals surface area contributed by atoms with E-state index in [1.165, 1.54) is 31.4 Å². The predicted octanol–water partition coefficient (Wildman–Crippen LogP) is 8.30.